The molecule has 0 aromatic heterocycles. The molecule has 0 bridgehead atoms. The normalized spacial score (nSPS) is 23.5. The summed E-state index contributed by atoms with van der Waals surface area (Å²) < 4.78 is 10.3. The minimum atomic E-state index is -1.16. The summed E-state index contributed by atoms with van der Waals surface area (Å²) in [6.45, 7) is 9.18. The Kier molecular flexibility index (Phi) is 4.01. The Balaban J connectivity index is 2.78. The Labute approximate surface area is 106 Å². The van der Waals surface area contributed by atoms with Gasteiger partial charge in [0.2, 0.25) is 0 Å². The number of carbonyl (C=O) groups is 2. The topological polar surface area (TPSA) is 84.9 Å². The number of rotatable bonds is 3. The fourth-order valence-corrected chi connectivity index (χ4v) is 1.68. The lowest BCUT2D eigenvalue weighted by atomic mass is 9.90. The van der Waals surface area contributed by atoms with Gasteiger partial charge in [-0.15, -0.1) is 0 Å². The molecular weight excluding hydrogens is 238 g/mol. The summed E-state index contributed by atoms with van der Waals surface area (Å²) >= 11 is 0. The fourth-order valence-electron chi connectivity index (χ4n) is 1.68. The number of alkyl carbamates (subject to hydrolysis) is 1. The number of hydrogen-bond donors (Lipinski definition) is 2. The molecule has 0 aromatic carbocycles. The molecule has 6 nitrogen and oxygen atoms in total. The van der Waals surface area contributed by atoms with Crippen molar-refractivity contribution in [2.24, 2.45) is 0 Å². The second-order valence-corrected chi connectivity index (χ2v) is 5.30. The van der Waals surface area contributed by atoms with E-state index in [-0.39, 0.29) is 12.2 Å². The van der Waals surface area contributed by atoms with Crippen LogP contribution in [0.15, 0.2) is 12.2 Å². The van der Waals surface area contributed by atoms with Gasteiger partial charge in [0.1, 0.15) is 11.1 Å². The van der Waals surface area contributed by atoms with E-state index in [0.29, 0.717) is 13.0 Å². The first-order valence-electron chi connectivity index (χ1n) is 5.68. The average Bonchev–Trinajstić information content (AvgIpc) is 2.62. The van der Waals surface area contributed by atoms with Crippen LogP contribution in [-0.2, 0) is 14.3 Å². The monoisotopic (exact) mass is 257 g/mol. The molecule has 18 heavy (non-hydrogen) atoms. The maximum atomic E-state index is 11.7. The van der Waals surface area contributed by atoms with Crippen LogP contribution in [0.4, 0.5) is 4.79 Å². The van der Waals surface area contributed by atoms with Crippen LogP contribution >= 0.6 is 0 Å². The van der Waals surface area contributed by atoms with Crippen molar-refractivity contribution in [2.75, 3.05) is 13.2 Å². The number of carbonyl (C=O) groups excluding carboxylic acids is 1. The van der Waals surface area contributed by atoms with Crippen LogP contribution in [0, 0.1) is 0 Å². The molecule has 1 fully saturated rings. The van der Waals surface area contributed by atoms with Gasteiger partial charge in [0, 0.05) is 13.0 Å². The van der Waals surface area contributed by atoms with E-state index in [9.17, 15) is 9.59 Å². The number of hydrogen-bond acceptors (Lipinski definition) is 4. The maximum Gasteiger partial charge on any atom is 0.408 e. The summed E-state index contributed by atoms with van der Waals surface area (Å²) in [5, 5.41) is 11.6. The highest BCUT2D eigenvalue weighted by Crippen LogP contribution is 2.27. The zero-order valence-corrected chi connectivity index (χ0v) is 10.9. The third-order valence-corrected chi connectivity index (χ3v) is 2.60. The van der Waals surface area contributed by atoms with Crippen LogP contribution < -0.4 is 5.32 Å². The summed E-state index contributed by atoms with van der Waals surface area (Å²) in [7, 11) is 0. The van der Waals surface area contributed by atoms with Crippen LogP contribution in [0.5, 0.6) is 0 Å². The Morgan fingerprint density at radius 2 is 2.06 bits per heavy atom. The van der Waals surface area contributed by atoms with Gasteiger partial charge in [-0.1, -0.05) is 6.58 Å². The van der Waals surface area contributed by atoms with Crippen molar-refractivity contribution in [3.63, 3.8) is 0 Å². The van der Waals surface area contributed by atoms with Crippen molar-refractivity contribution >= 4 is 12.1 Å². The minimum absolute atomic E-state index is 0.0918. The van der Waals surface area contributed by atoms with Crippen molar-refractivity contribution in [3.05, 3.63) is 12.2 Å². The summed E-state index contributed by atoms with van der Waals surface area (Å²) in [6.07, 6.45) is -0.299. The number of ether oxygens (including phenoxy) is 2. The third-order valence-electron chi connectivity index (χ3n) is 2.60. The quantitative estimate of drug-likeness (QED) is 0.745. The van der Waals surface area contributed by atoms with Gasteiger partial charge in [-0.25, -0.2) is 9.59 Å². The lowest BCUT2D eigenvalue weighted by molar-refractivity contribution is -0.133. The molecule has 1 rings (SSSR count). The first kappa shape index (κ1) is 14.5. The number of aliphatic carboxylic acids is 1. The molecular formula is C12H19NO5. The number of carboxylic acid groups (broad SMARTS) is 1. The fraction of sp³-hybridized carbons (Fsp3) is 0.667. The van der Waals surface area contributed by atoms with E-state index < -0.39 is 23.2 Å². The molecule has 1 aliphatic rings. The van der Waals surface area contributed by atoms with Gasteiger partial charge >= 0.3 is 12.1 Å². The van der Waals surface area contributed by atoms with Gasteiger partial charge in [0.15, 0.2) is 0 Å². The second kappa shape index (κ2) is 4.97. The number of carboxylic acids is 1. The Hall–Kier alpha value is -1.56. The molecule has 1 atom stereocenters. The molecule has 0 radical (unpaired) electrons. The molecule has 1 unspecified atom stereocenters. The third kappa shape index (κ3) is 3.46. The van der Waals surface area contributed by atoms with Crippen LogP contribution in [-0.4, -0.2) is 41.5 Å². The van der Waals surface area contributed by atoms with Gasteiger partial charge in [-0.05, 0) is 20.8 Å². The van der Waals surface area contributed by atoms with Gasteiger partial charge in [-0.2, -0.15) is 0 Å². The Bertz CT molecular complexity index is 363. The molecule has 0 spiro atoms. The first-order chi connectivity index (χ1) is 8.16. The van der Waals surface area contributed by atoms with Gasteiger partial charge in [0.25, 0.3) is 0 Å². The van der Waals surface area contributed by atoms with E-state index in [0.717, 1.165) is 0 Å². The van der Waals surface area contributed by atoms with Crippen LogP contribution in [0.25, 0.3) is 0 Å². The average molecular weight is 257 g/mol. The van der Waals surface area contributed by atoms with Crippen molar-refractivity contribution in [1.29, 1.82) is 0 Å². The standard InChI is InChI=1S/C12H19NO5/c1-8(9(14)15)12(5-6-17-7-12)13-10(16)18-11(2,3)4/h1,5-7H2,2-4H3,(H,13,16)(H,14,15). The van der Waals surface area contributed by atoms with E-state index in [1.807, 2.05) is 0 Å². The van der Waals surface area contributed by atoms with Crippen molar-refractivity contribution in [2.45, 2.75) is 38.3 Å². The summed E-state index contributed by atoms with van der Waals surface area (Å²) in [6, 6.07) is 0. The summed E-state index contributed by atoms with van der Waals surface area (Å²) in [5.74, 6) is -1.16. The van der Waals surface area contributed by atoms with E-state index in [2.05, 4.69) is 11.9 Å². The van der Waals surface area contributed by atoms with Gasteiger partial charge < -0.3 is 19.9 Å². The largest absolute Gasteiger partial charge is 0.478 e. The maximum absolute atomic E-state index is 11.7. The molecule has 0 aliphatic carbocycles. The van der Waals surface area contributed by atoms with E-state index in [1.165, 1.54) is 0 Å². The Morgan fingerprint density at radius 1 is 1.44 bits per heavy atom. The molecule has 0 saturated carbocycles. The smallest absolute Gasteiger partial charge is 0.408 e. The van der Waals surface area contributed by atoms with E-state index in [1.54, 1.807) is 20.8 Å². The summed E-state index contributed by atoms with van der Waals surface area (Å²) in [5.41, 5.74) is -1.81. The van der Waals surface area contributed by atoms with Crippen molar-refractivity contribution in [3.8, 4) is 0 Å². The lowest BCUT2D eigenvalue weighted by Gasteiger charge is -2.30. The Morgan fingerprint density at radius 3 is 2.44 bits per heavy atom. The van der Waals surface area contributed by atoms with Crippen molar-refractivity contribution in [1.82, 2.24) is 5.32 Å². The molecule has 1 amide bonds. The molecule has 1 heterocycles. The first-order valence-corrected chi connectivity index (χ1v) is 5.68. The molecule has 6 heteroatoms. The number of amides is 1. The highest BCUT2D eigenvalue weighted by atomic mass is 16.6. The predicted molar refractivity (Wildman–Crippen MR) is 64.3 cm³/mol. The van der Waals surface area contributed by atoms with E-state index >= 15 is 0 Å². The molecule has 1 aliphatic heterocycles. The molecule has 102 valence electrons. The van der Waals surface area contributed by atoms with E-state index in [4.69, 9.17) is 14.6 Å². The summed E-state index contributed by atoms with van der Waals surface area (Å²) in [4.78, 5) is 22.7. The second-order valence-electron chi connectivity index (χ2n) is 5.30. The lowest BCUT2D eigenvalue weighted by Crippen LogP contribution is -2.53. The molecule has 2 N–H and O–H groups in total. The highest BCUT2D eigenvalue weighted by Gasteiger charge is 2.43. The molecule has 1 saturated heterocycles. The highest BCUT2D eigenvalue weighted by molar-refractivity contribution is 5.90. The number of nitrogens with one attached hydrogen (secondary N) is 1. The zero-order valence-electron chi connectivity index (χ0n) is 10.9. The SMILES string of the molecule is C=C(C(=O)O)C1(NC(=O)OC(C)(C)C)CCOC1. The van der Waals surface area contributed by atoms with Crippen LogP contribution in [0.2, 0.25) is 0 Å². The molecule has 0 aromatic rings. The van der Waals surface area contributed by atoms with Crippen LogP contribution in [0.3, 0.4) is 0 Å². The van der Waals surface area contributed by atoms with Gasteiger partial charge in [-0.3, -0.25) is 0 Å². The predicted octanol–water partition coefficient (Wildman–Crippen LogP) is 1.31. The zero-order chi connectivity index (χ0) is 14.0. The van der Waals surface area contributed by atoms with Crippen molar-refractivity contribution < 1.29 is 24.2 Å². The minimum Gasteiger partial charge on any atom is -0.478 e. The van der Waals surface area contributed by atoms with Crippen LogP contribution in [0.1, 0.15) is 27.2 Å². The van der Waals surface area contributed by atoms with Gasteiger partial charge in [0.05, 0.1) is 12.2 Å².